The highest BCUT2D eigenvalue weighted by Gasteiger charge is 2.31. The number of nitrogen functional groups attached to an aromatic ring is 1. The van der Waals surface area contributed by atoms with Gasteiger partial charge in [-0.1, -0.05) is 29.8 Å². The highest BCUT2D eigenvalue weighted by atomic mass is 35.5. The van der Waals surface area contributed by atoms with Gasteiger partial charge in [0.1, 0.15) is 23.8 Å². The summed E-state index contributed by atoms with van der Waals surface area (Å²) in [6.45, 7) is 0.646. The average molecular weight is 507 g/mol. The standard InChI is InChI=1S/C27H24ClFN4O3/c28-23-11-19(17-2-4-18(5-3-17)27(35)33-14-21(29)15-33)9-20-10-22(36-26(20)23)6-8-25(34)32-13-16-1-7-24(30)31-12-16/h1-9,11-12,21-22H,10,13-15H2,(H2,30,31)(H,32,34)/b8-6+. The molecule has 9 heteroatoms. The minimum absolute atomic E-state index is 0.151. The minimum atomic E-state index is -0.927. The normalized spacial score (nSPS) is 16.9. The van der Waals surface area contributed by atoms with Gasteiger partial charge in [0.25, 0.3) is 5.91 Å². The van der Waals surface area contributed by atoms with Crippen molar-refractivity contribution in [2.24, 2.45) is 0 Å². The summed E-state index contributed by atoms with van der Waals surface area (Å²) >= 11 is 6.51. The molecule has 2 amide bonds. The number of amides is 2. The SMILES string of the molecule is Nc1ccc(CNC(=O)/C=C/C2Cc3cc(-c4ccc(C(=O)N5CC(F)C5)cc4)cc(Cl)c3O2)cn1. The van der Waals surface area contributed by atoms with Gasteiger partial charge in [-0.15, -0.1) is 0 Å². The lowest BCUT2D eigenvalue weighted by Gasteiger charge is -2.34. The molecule has 5 rings (SSSR count). The van der Waals surface area contributed by atoms with E-state index < -0.39 is 6.17 Å². The predicted molar refractivity (Wildman–Crippen MR) is 135 cm³/mol. The molecule has 3 aromatic rings. The molecule has 3 N–H and O–H groups in total. The molecular weight excluding hydrogens is 483 g/mol. The fourth-order valence-electron chi connectivity index (χ4n) is 4.18. The molecule has 36 heavy (non-hydrogen) atoms. The van der Waals surface area contributed by atoms with Crippen molar-refractivity contribution in [2.45, 2.75) is 25.2 Å². The summed E-state index contributed by atoms with van der Waals surface area (Å²) in [5.41, 5.74) is 9.68. The number of nitrogens with zero attached hydrogens (tertiary/aromatic N) is 2. The first kappa shape index (κ1) is 23.8. The second-order valence-corrected chi connectivity index (χ2v) is 9.27. The molecule has 2 aliphatic rings. The number of hydrogen-bond acceptors (Lipinski definition) is 5. The molecular formula is C27H24ClFN4O3. The van der Waals surface area contributed by atoms with E-state index in [9.17, 15) is 14.0 Å². The van der Waals surface area contributed by atoms with E-state index >= 15 is 0 Å². The van der Waals surface area contributed by atoms with Crippen molar-refractivity contribution in [3.63, 3.8) is 0 Å². The van der Waals surface area contributed by atoms with Gasteiger partial charge in [-0.05, 0) is 53.1 Å². The van der Waals surface area contributed by atoms with E-state index in [1.54, 1.807) is 36.5 Å². The van der Waals surface area contributed by atoms with Crippen LogP contribution in [0.2, 0.25) is 5.02 Å². The van der Waals surface area contributed by atoms with Crippen LogP contribution in [0.25, 0.3) is 11.1 Å². The molecule has 0 saturated carbocycles. The predicted octanol–water partition coefficient (Wildman–Crippen LogP) is 3.95. The first-order valence-corrected chi connectivity index (χ1v) is 11.9. The Hall–Kier alpha value is -3.91. The molecule has 1 unspecified atom stereocenters. The first-order chi connectivity index (χ1) is 17.4. The van der Waals surface area contributed by atoms with Crippen LogP contribution in [-0.2, 0) is 17.8 Å². The van der Waals surface area contributed by atoms with E-state index in [1.165, 1.54) is 11.0 Å². The molecule has 1 fully saturated rings. The van der Waals surface area contributed by atoms with Gasteiger partial charge in [0.05, 0.1) is 18.1 Å². The first-order valence-electron chi connectivity index (χ1n) is 11.5. The zero-order valence-corrected chi connectivity index (χ0v) is 20.0. The summed E-state index contributed by atoms with van der Waals surface area (Å²) in [5.74, 6) is 0.623. The van der Waals surface area contributed by atoms with Crippen LogP contribution in [-0.4, -0.2) is 47.1 Å². The van der Waals surface area contributed by atoms with E-state index in [4.69, 9.17) is 22.1 Å². The monoisotopic (exact) mass is 506 g/mol. The summed E-state index contributed by atoms with van der Waals surface area (Å²) in [6, 6.07) is 14.5. The molecule has 0 bridgehead atoms. The van der Waals surface area contributed by atoms with E-state index in [1.807, 2.05) is 24.3 Å². The van der Waals surface area contributed by atoms with Crippen molar-refractivity contribution in [1.29, 1.82) is 0 Å². The third-order valence-electron chi connectivity index (χ3n) is 6.18. The number of nitrogens with two attached hydrogens (primary N) is 1. The van der Waals surface area contributed by atoms with Crippen LogP contribution in [0.4, 0.5) is 10.2 Å². The number of carbonyl (C=O) groups excluding carboxylic acids is 2. The summed E-state index contributed by atoms with van der Waals surface area (Å²) in [7, 11) is 0. The van der Waals surface area contributed by atoms with E-state index in [0.29, 0.717) is 35.1 Å². The lowest BCUT2D eigenvalue weighted by molar-refractivity contribution is -0.116. The molecule has 1 aromatic heterocycles. The maximum Gasteiger partial charge on any atom is 0.254 e. The zero-order chi connectivity index (χ0) is 25.2. The molecule has 2 aromatic carbocycles. The van der Waals surface area contributed by atoms with Crippen molar-refractivity contribution in [3.8, 4) is 16.9 Å². The fraction of sp³-hybridized carbons (Fsp3) is 0.222. The highest BCUT2D eigenvalue weighted by Crippen LogP contribution is 2.40. The Bertz CT molecular complexity index is 1320. The molecule has 0 aliphatic carbocycles. The van der Waals surface area contributed by atoms with Gasteiger partial charge < -0.3 is 20.7 Å². The van der Waals surface area contributed by atoms with Crippen LogP contribution in [0.15, 0.2) is 66.9 Å². The number of rotatable bonds is 6. The largest absolute Gasteiger partial charge is 0.484 e. The number of carbonyl (C=O) groups is 2. The van der Waals surface area contributed by atoms with E-state index in [-0.39, 0.29) is 31.0 Å². The number of ether oxygens (including phenoxy) is 1. The third kappa shape index (κ3) is 5.18. The number of pyridine rings is 1. The summed E-state index contributed by atoms with van der Waals surface area (Å²) in [6.07, 6.45) is 4.12. The average Bonchev–Trinajstić information content (AvgIpc) is 3.29. The summed E-state index contributed by atoms with van der Waals surface area (Å²) in [4.78, 5) is 30.1. The zero-order valence-electron chi connectivity index (χ0n) is 19.3. The smallest absolute Gasteiger partial charge is 0.254 e. The van der Waals surface area contributed by atoms with Crippen molar-refractivity contribution < 1.29 is 18.7 Å². The van der Waals surface area contributed by atoms with Crippen LogP contribution < -0.4 is 15.8 Å². The Morgan fingerprint density at radius 2 is 1.94 bits per heavy atom. The molecule has 0 radical (unpaired) electrons. The van der Waals surface area contributed by atoms with Crippen LogP contribution in [0.5, 0.6) is 5.75 Å². The molecule has 0 spiro atoms. The van der Waals surface area contributed by atoms with Crippen molar-refractivity contribution in [1.82, 2.24) is 15.2 Å². The van der Waals surface area contributed by atoms with Gasteiger partial charge in [-0.25, -0.2) is 9.37 Å². The van der Waals surface area contributed by atoms with Crippen molar-refractivity contribution in [2.75, 3.05) is 18.8 Å². The number of anilines is 1. The maximum absolute atomic E-state index is 13.1. The van der Waals surface area contributed by atoms with Gasteiger partial charge in [-0.2, -0.15) is 0 Å². The van der Waals surface area contributed by atoms with E-state index in [2.05, 4.69) is 10.3 Å². The topological polar surface area (TPSA) is 97.5 Å². The molecule has 7 nitrogen and oxygen atoms in total. The number of halogens is 2. The van der Waals surface area contributed by atoms with Gasteiger partial charge in [0.15, 0.2) is 0 Å². The Morgan fingerprint density at radius 1 is 1.17 bits per heavy atom. The number of aromatic nitrogens is 1. The van der Waals surface area contributed by atoms with Crippen LogP contribution in [0, 0.1) is 0 Å². The van der Waals surface area contributed by atoms with Crippen LogP contribution >= 0.6 is 11.6 Å². The lowest BCUT2D eigenvalue weighted by Crippen LogP contribution is -2.51. The molecule has 1 atom stereocenters. The van der Waals surface area contributed by atoms with Crippen molar-refractivity contribution >= 4 is 29.2 Å². The quantitative estimate of drug-likeness (QED) is 0.493. The summed E-state index contributed by atoms with van der Waals surface area (Å²) < 4.78 is 19.0. The number of likely N-dealkylation sites (tertiary alicyclic amines) is 1. The number of nitrogens with one attached hydrogen (secondary N) is 1. The number of hydrogen-bond donors (Lipinski definition) is 2. The Balaban J connectivity index is 1.20. The molecule has 3 heterocycles. The minimum Gasteiger partial charge on any atom is -0.484 e. The van der Waals surface area contributed by atoms with E-state index in [0.717, 1.165) is 22.3 Å². The number of benzene rings is 2. The van der Waals surface area contributed by atoms with Crippen LogP contribution in [0.3, 0.4) is 0 Å². The molecule has 1 saturated heterocycles. The lowest BCUT2D eigenvalue weighted by atomic mass is 9.99. The second-order valence-electron chi connectivity index (χ2n) is 8.86. The second kappa shape index (κ2) is 9.99. The van der Waals surface area contributed by atoms with Gasteiger partial charge in [-0.3, -0.25) is 9.59 Å². The number of alkyl halides is 1. The Kier molecular flexibility index (Phi) is 6.61. The van der Waals surface area contributed by atoms with Gasteiger partial charge in [0, 0.05) is 36.4 Å². The third-order valence-corrected chi connectivity index (χ3v) is 6.46. The Morgan fingerprint density at radius 3 is 2.64 bits per heavy atom. The molecule has 2 aliphatic heterocycles. The summed E-state index contributed by atoms with van der Waals surface area (Å²) in [5, 5.41) is 3.28. The molecule has 184 valence electrons. The van der Waals surface area contributed by atoms with Crippen molar-refractivity contribution in [3.05, 3.63) is 88.6 Å². The Labute approximate surface area is 212 Å². The van der Waals surface area contributed by atoms with Crippen LogP contribution in [0.1, 0.15) is 21.5 Å². The highest BCUT2D eigenvalue weighted by molar-refractivity contribution is 6.32. The maximum atomic E-state index is 13.1. The van der Waals surface area contributed by atoms with Gasteiger partial charge in [0.2, 0.25) is 5.91 Å². The van der Waals surface area contributed by atoms with Gasteiger partial charge >= 0.3 is 0 Å². The fourth-order valence-corrected chi connectivity index (χ4v) is 4.46. The number of fused-ring (bicyclic) bond motifs is 1.